The molecule has 204 valence electrons. The number of rotatable bonds is 6. The van der Waals surface area contributed by atoms with E-state index >= 15 is 0 Å². The SMILES string of the molecule is CC(C[C@@H]1C[C@H](C(=O)O)C1(C)C)c1ccc2ccc(OC3CCC(C(F)(F)F)CC3)c(C(F)(F)F)c2c1. The van der Waals surface area contributed by atoms with Gasteiger partial charge in [-0.2, -0.15) is 26.3 Å². The summed E-state index contributed by atoms with van der Waals surface area (Å²) in [5.74, 6) is -3.00. The van der Waals surface area contributed by atoms with Gasteiger partial charge in [0.25, 0.3) is 0 Å². The molecule has 37 heavy (non-hydrogen) atoms. The molecule has 0 aliphatic heterocycles. The number of fused-ring (bicyclic) bond motifs is 1. The molecule has 2 fully saturated rings. The molecule has 3 atom stereocenters. The van der Waals surface area contributed by atoms with Gasteiger partial charge in [-0.1, -0.05) is 45.0 Å². The van der Waals surface area contributed by atoms with Gasteiger partial charge in [0, 0.05) is 0 Å². The fourth-order valence-electron chi connectivity index (χ4n) is 6.10. The predicted molar refractivity (Wildman–Crippen MR) is 127 cm³/mol. The van der Waals surface area contributed by atoms with Crippen molar-refractivity contribution in [2.75, 3.05) is 0 Å². The molecule has 2 aliphatic rings. The van der Waals surface area contributed by atoms with Gasteiger partial charge in [-0.05, 0) is 78.2 Å². The lowest BCUT2D eigenvalue weighted by Crippen LogP contribution is -2.49. The Morgan fingerprint density at radius 1 is 1.05 bits per heavy atom. The van der Waals surface area contributed by atoms with Gasteiger partial charge in [0.2, 0.25) is 0 Å². The molecule has 2 aliphatic carbocycles. The van der Waals surface area contributed by atoms with Gasteiger partial charge in [-0.25, -0.2) is 0 Å². The monoisotopic (exact) mass is 530 g/mol. The van der Waals surface area contributed by atoms with Crippen LogP contribution < -0.4 is 4.74 Å². The van der Waals surface area contributed by atoms with Gasteiger partial charge in [0.1, 0.15) is 11.3 Å². The molecule has 2 saturated carbocycles. The maximum atomic E-state index is 14.3. The van der Waals surface area contributed by atoms with Crippen molar-refractivity contribution in [2.24, 2.45) is 23.2 Å². The highest BCUT2D eigenvalue weighted by Crippen LogP contribution is 2.55. The molecule has 2 aromatic carbocycles. The maximum absolute atomic E-state index is 14.3. The molecule has 0 radical (unpaired) electrons. The maximum Gasteiger partial charge on any atom is 0.420 e. The first-order chi connectivity index (χ1) is 17.1. The summed E-state index contributed by atoms with van der Waals surface area (Å²) in [7, 11) is 0. The van der Waals surface area contributed by atoms with E-state index in [2.05, 4.69) is 0 Å². The molecule has 0 heterocycles. The van der Waals surface area contributed by atoms with Crippen molar-refractivity contribution in [1.82, 2.24) is 0 Å². The highest BCUT2D eigenvalue weighted by Gasteiger charge is 2.52. The Morgan fingerprint density at radius 3 is 2.22 bits per heavy atom. The Balaban J connectivity index is 1.58. The van der Waals surface area contributed by atoms with Gasteiger partial charge in [0.05, 0.1) is 17.9 Å². The molecular weight excluding hydrogens is 498 g/mol. The number of carboxylic acids is 1. The number of hydrogen-bond donors (Lipinski definition) is 1. The zero-order chi connectivity index (χ0) is 27.3. The minimum atomic E-state index is -4.72. The van der Waals surface area contributed by atoms with Crippen LogP contribution in [0.5, 0.6) is 5.75 Å². The average Bonchev–Trinajstić information content (AvgIpc) is 2.79. The minimum Gasteiger partial charge on any atom is -0.490 e. The van der Waals surface area contributed by atoms with Gasteiger partial charge < -0.3 is 9.84 Å². The van der Waals surface area contributed by atoms with Crippen LogP contribution in [-0.2, 0) is 11.0 Å². The number of benzene rings is 2. The lowest BCUT2D eigenvalue weighted by molar-refractivity contribution is -0.185. The van der Waals surface area contributed by atoms with Crippen molar-refractivity contribution in [1.29, 1.82) is 0 Å². The normalized spacial score (nSPS) is 26.9. The molecule has 2 aromatic rings. The van der Waals surface area contributed by atoms with Crippen LogP contribution in [-0.4, -0.2) is 23.4 Å². The van der Waals surface area contributed by atoms with Gasteiger partial charge >= 0.3 is 18.3 Å². The van der Waals surface area contributed by atoms with Gasteiger partial charge in [-0.15, -0.1) is 0 Å². The average molecular weight is 531 g/mol. The second-order valence-electron chi connectivity index (χ2n) is 11.3. The topological polar surface area (TPSA) is 46.5 Å². The zero-order valence-corrected chi connectivity index (χ0v) is 21.0. The zero-order valence-electron chi connectivity index (χ0n) is 21.0. The third kappa shape index (κ3) is 5.55. The summed E-state index contributed by atoms with van der Waals surface area (Å²) in [5.41, 5.74) is -0.581. The predicted octanol–water partition coefficient (Wildman–Crippen LogP) is 8.60. The Kier molecular flexibility index (Phi) is 7.23. The lowest BCUT2D eigenvalue weighted by Gasteiger charge is -2.51. The van der Waals surface area contributed by atoms with E-state index in [1.807, 2.05) is 20.8 Å². The summed E-state index contributed by atoms with van der Waals surface area (Å²) < 4.78 is 87.5. The van der Waals surface area contributed by atoms with Crippen molar-refractivity contribution < 1.29 is 41.0 Å². The molecule has 4 rings (SSSR count). The smallest absolute Gasteiger partial charge is 0.420 e. The van der Waals surface area contributed by atoms with Crippen LogP contribution in [0.4, 0.5) is 26.3 Å². The second-order valence-corrected chi connectivity index (χ2v) is 11.3. The van der Waals surface area contributed by atoms with Crippen molar-refractivity contribution in [3.63, 3.8) is 0 Å². The fraction of sp³-hybridized carbons (Fsp3) is 0.607. The molecule has 0 amide bonds. The Morgan fingerprint density at radius 2 is 1.68 bits per heavy atom. The quantitative estimate of drug-likeness (QED) is 0.381. The van der Waals surface area contributed by atoms with Crippen molar-refractivity contribution >= 4 is 16.7 Å². The molecule has 1 unspecified atom stereocenters. The van der Waals surface area contributed by atoms with Crippen LogP contribution in [0.25, 0.3) is 10.8 Å². The first-order valence-corrected chi connectivity index (χ1v) is 12.7. The third-order valence-corrected chi connectivity index (χ3v) is 8.70. The molecule has 0 saturated heterocycles. The van der Waals surface area contributed by atoms with Gasteiger partial charge in [0.15, 0.2) is 0 Å². The lowest BCUT2D eigenvalue weighted by atomic mass is 9.53. The number of halogens is 6. The molecule has 9 heteroatoms. The van der Waals surface area contributed by atoms with Crippen LogP contribution in [0.1, 0.15) is 76.3 Å². The summed E-state index contributed by atoms with van der Waals surface area (Å²) in [6.45, 7) is 5.76. The van der Waals surface area contributed by atoms with E-state index in [0.717, 1.165) is 5.56 Å². The summed E-state index contributed by atoms with van der Waals surface area (Å²) in [5, 5.41) is 9.78. The highest BCUT2D eigenvalue weighted by atomic mass is 19.4. The van der Waals surface area contributed by atoms with Crippen LogP contribution in [0.15, 0.2) is 30.3 Å². The van der Waals surface area contributed by atoms with E-state index in [1.165, 1.54) is 12.1 Å². The van der Waals surface area contributed by atoms with Crippen LogP contribution in [0.2, 0.25) is 0 Å². The van der Waals surface area contributed by atoms with Crippen LogP contribution >= 0.6 is 0 Å². The molecule has 1 N–H and O–H groups in total. The molecule has 0 spiro atoms. The second kappa shape index (κ2) is 9.70. The first-order valence-electron chi connectivity index (χ1n) is 12.7. The van der Waals surface area contributed by atoms with Crippen molar-refractivity contribution in [2.45, 2.75) is 83.7 Å². The Hall–Kier alpha value is -2.45. The summed E-state index contributed by atoms with van der Waals surface area (Å²) in [6.07, 6.45) is -8.76. The first kappa shape index (κ1) is 27.6. The number of ether oxygens (including phenoxy) is 1. The standard InChI is InChI=1S/C28H32F6O3/c1-15(12-19-14-22(25(35)36)26(19,2)3)17-5-4-16-6-11-23(24(21(16)13-17)28(32,33)34)37-20-9-7-18(8-10-20)27(29,30)31/h4-6,11,13,15,18-20,22H,7-10,12,14H2,1-3H3,(H,35,36)/t15?,18?,19-,20?,22-/m1/s1. The van der Waals surface area contributed by atoms with E-state index in [-0.39, 0.29) is 54.1 Å². The number of aliphatic carboxylic acids is 1. The number of carboxylic acid groups (broad SMARTS) is 1. The summed E-state index contributed by atoms with van der Waals surface area (Å²) >= 11 is 0. The highest BCUT2D eigenvalue weighted by molar-refractivity contribution is 5.89. The fourth-order valence-corrected chi connectivity index (χ4v) is 6.10. The summed E-state index contributed by atoms with van der Waals surface area (Å²) in [4.78, 5) is 11.4. The van der Waals surface area contributed by atoms with E-state index in [0.29, 0.717) is 18.2 Å². The Bertz CT molecular complexity index is 1150. The molecule has 0 aromatic heterocycles. The summed E-state index contributed by atoms with van der Waals surface area (Å²) in [6, 6.07) is 7.76. The van der Waals surface area contributed by atoms with Gasteiger partial charge in [-0.3, -0.25) is 4.79 Å². The molecule has 0 bridgehead atoms. The van der Waals surface area contributed by atoms with E-state index in [1.54, 1.807) is 18.2 Å². The Labute approximate surface area is 212 Å². The van der Waals surface area contributed by atoms with Crippen LogP contribution in [0, 0.1) is 23.2 Å². The van der Waals surface area contributed by atoms with E-state index < -0.39 is 41.8 Å². The molecule has 3 nitrogen and oxygen atoms in total. The number of carbonyl (C=O) groups is 1. The van der Waals surface area contributed by atoms with Crippen molar-refractivity contribution in [3.05, 3.63) is 41.5 Å². The number of alkyl halides is 6. The largest absolute Gasteiger partial charge is 0.490 e. The molecular formula is C28H32F6O3. The minimum absolute atomic E-state index is 0.00499. The third-order valence-electron chi connectivity index (χ3n) is 8.70. The van der Waals surface area contributed by atoms with E-state index in [9.17, 15) is 36.2 Å². The van der Waals surface area contributed by atoms with E-state index in [4.69, 9.17) is 4.74 Å². The van der Waals surface area contributed by atoms with Crippen molar-refractivity contribution in [3.8, 4) is 5.75 Å². The number of hydrogen-bond acceptors (Lipinski definition) is 2. The van der Waals surface area contributed by atoms with Crippen LogP contribution in [0.3, 0.4) is 0 Å².